The number of carbonyl (C=O) groups is 2. The lowest BCUT2D eigenvalue weighted by molar-refractivity contribution is -0.152. The molecule has 0 aromatic carbocycles. The molecule has 2 heterocycles. The second kappa shape index (κ2) is 5.59. The van der Waals surface area contributed by atoms with Crippen molar-refractivity contribution in [1.29, 1.82) is 0 Å². The number of hydrogen-bond acceptors (Lipinski definition) is 3. The van der Waals surface area contributed by atoms with Crippen molar-refractivity contribution in [3.05, 3.63) is 0 Å². The number of piperidine rings is 1. The van der Waals surface area contributed by atoms with Crippen LogP contribution in [0.5, 0.6) is 0 Å². The second-order valence-electron chi connectivity index (χ2n) is 7.05. The maximum Gasteiger partial charge on any atom is 0.307 e. The largest absolute Gasteiger partial charge is 0.481 e. The first-order valence-electron chi connectivity index (χ1n) is 8.24. The van der Waals surface area contributed by atoms with E-state index in [9.17, 15) is 19.8 Å². The van der Waals surface area contributed by atoms with E-state index in [2.05, 4.69) is 6.92 Å². The molecule has 0 radical (unpaired) electrons. The molecule has 118 valence electrons. The van der Waals surface area contributed by atoms with Crippen LogP contribution in [0.3, 0.4) is 0 Å². The number of rotatable bonds is 3. The van der Waals surface area contributed by atoms with Crippen LogP contribution in [-0.2, 0) is 9.59 Å². The third-order valence-electron chi connectivity index (χ3n) is 5.83. The highest BCUT2D eigenvalue weighted by atomic mass is 16.4. The van der Waals surface area contributed by atoms with Gasteiger partial charge in [-0.15, -0.1) is 0 Å². The van der Waals surface area contributed by atoms with Gasteiger partial charge >= 0.3 is 5.97 Å². The van der Waals surface area contributed by atoms with Crippen molar-refractivity contribution in [2.45, 2.75) is 70.1 Å². The minimum atomic E-state index is -0.825. The molecule has 2 aliphatic heterocycles. The zero-order valence-electron chi connectivity index (χ0n) is 12.6. The van der Waals surface area contributed by atoms with Crippen molar-refractivity contribution < 1.29 is 19.8 Å². The lowest BCUT2D eigenvalue weighted by Crippen LogP contribution is -2.51. The van der Waals surface area contributed by atoms with Gasteiger partial charge in [0.2, 0.25) is 5.91 Å². The minimum absolute atomic E-state index is 0.0396. The van der Waals surface area contributed by atoms with Crippen molar-refractivity contribution in [1.82, 2.24) is 4.90 Å². The predicted molar refractivity (Wildman–Crippen MR) is 76.5 cm³/mol. The normalized spacial score (nSPS) is 42.3. The van der Waals surface area contributed by atoms with Gasteiger partial charge in [-0.2, -0.15) is 0 Å². The van der Waals surface area contributed by atoms with Crippen molar-refractivity contribution in [3.63, 3.8) is 0 Å². The molecular formula is C16H25NO4. The third kappa shape index (κ3) is 2.56. The van der Waals surface area contributed by atoms with Crippen molar-refractivity contribution in [2.24, 2.45) is 17.8 Å². The number of aliphatic hydroxyl groups excluding tert-OH is 1. The van der Waals surface area contributed by atoms with Crippen LogP contribution < -0.4 is 0 Å². The van der Waals surface area contributed by atoms with Crippen LogP contribution in [0, 0.1) is 17.8 Å². The van der Waals surface area contributed by atoms with E-state index in [4.69, 9.17) is 0 Å². The molecule has 0 spiro atoms. The number of aliphatic hydroxyl groups is 1. The first-order valence-corrected chi connectivity index (χ1v) is 8.24. The van der Waals surface area contributed by atoms with Crippen LogP contribution >= 0.6 is 0 Å². The van der Waals surface area contributed by atoms with Gasteiger partial charge in [0.25, 0.3) is 0 Å². The molecule has 0 aromatic rings. The average molecular weight is 295 g/mol. The Bertz CT molecular complexity index is 424. The van der Waals surface area contributed by atoms with E-state index >= 15 is 0 Å². The lowest BCUT2D eigenvalue weighted by Gasteiger charge is -2.39. The van der Waals surface area contributed by atoms with Gasteiger partial charge in [0.15, 0.2) is 0 Å². The lowest BCUT2D eigenvalue weighted by atomic mass is 9.91. The van der Waals surface area contributed by atoms with Crippen LogP contribution in [0.1, 0.15) is 51.9 Å². The molecule has 1 aliphatic carbocycles. The quantitative estimate of drug-likeness (QED) is 0.829. The molecule has 0 aromatic heterocycles. The summed E-state index contributed by atoms with van der Waals surface area (Å²) in [5.74, 6) is -1.31. The average Bonchev–Trinajstić information content (AvgIpc) is 2.98. The first-order chi connectivity index (χ1) is 10.0. The molecule has 2 bridgehead atoms. The number of aliphatic carboxylic acids is 1. The fourth-order valence-corrected chi connectivity index (χ4v) is 4.72. The molecule has 3 aliphatic rings. The molecule has 3 rings (SSSR count). The molecule has 1 saturated carbocycles. The van der Waals surface area contributed by atoms with Gasteiger partial charge in [-0.3, -0.25) is 9.59 Å². The van der Waals surface area contributed by atoms with Gasteiger partial charge < -0.3 is 15.1 Å². The number of carboxylic acids is 1. The Morgan fingerprint density at radius 2 is 1.62 bits per heavy atom. The standard InChI is InChI=1S/C16H25NO4/c1-2-9-5-13(14(6-9)16(20)21)15(19)17-10-3-4-11(17)8-12(18)7-10/h9-14,18H,2-8H2,1H3,(H,20,21)/t9?,10?,11?,12?,13-,14+/m0/s1. The Hall–Kier alpha value is -1.10. The monoisotopic (exact) mass is 295 g/mol. The summed E-state index contributed by atoms with van der Waals surface area (Å²) >= 11 is 0. The Balaban J connectivity index is 1.77. The zero-order chi connectivity index (χ0) is 15.1. The third-order valence-corrected chi connectivity index (χ3v) is 5.83. The van der Waals surface area contributed by atoms with Crippen LogP contribution in [0.15, 0.2) is 0 Å². The maximum atomic E-state index is 12.9. The summed E-state index contributed by atoms with van der Waals surface area (Å²) in [6.07, 6.45) is 5.21. The summed E-state index contributed by atoms with van der Waals surface area (Å²) in [7, 11) is 0. The molecule has 5 heteroatoms. The SMILES string of the molecule is CCC1C[C@H](C(=O)N2C3CCC2CC(O)C3)[C@H](C(=O)O)C1. The molecule has 3 fully saturated rings. The maximum absolute atomic E-state index is 12.9. The highest BCUT2D eigenvalue weighted by Crippen LogP contribution is 2.43. The fourth-order valence-electron chi connectivity index (χ4n) is 4.72. The van der Waals surface area contributed by atoms with Gasteiger partial charge in [-0.1, -0.05) is 13.3 Å². The first kappa shape index (κ1) is 14.8. The Kier molecular flexibility index (Phi) is 3.95. The van der Waals surface area contributed by atoms with Crippen molar-refractivity contribution in [2.75, 3.05) is 0 Å². The molecule has 3 unspecified atom stereocenters. The van der Waals surface area contributed by atoms with E-state index in [1.54, 1.807) is 0 Å². The van der Waals surface area contributed by atoms with Crippen LogP contribution in [-0.4, -0.2) is 45.2 Å². The predicted octanol–water partition coefficient (Wildman–Crippen LogP) is 1.64. The number of carbonyl (C=O) groups excluding carboxylic acids is 1. The molecule has 5 nitrogen and oxygen atoms in total. The molecule has 1 amide bonds. The Labute approximate surface area is 125 Å². The van der Waals surface area contributed by atoms with E-state index in [1.807, 2.05) is 4.90 Å². The van der Waals surface area contributed by atoms with E-state index in [0.29, 0.717) is 31.6 Å². The summed E-state index contributed by atoms with van der Waals surface area (Å²) in [6, 6.07) is 0.253. The van der Waals surface area contributed by atoms with Gasteiger partial charge in [-0.25, -0.2) is 0 Å². The smallest absolute Gasteiger partial charge is 0.307 e. The minimum Gasteiger partial charge on any atom is -0.481 e. The highest BCUT2D eigenvalue weighted by molar-refractivity contribution is 5.86. The second-order valence-corrected chi connectivity index (χ2v) is 7.05. The van der Waals surface area contributed by atoms with E-state index in [-0.39, 0.29) is 30.0 Å². The molecular weight excluding hydrogens is 270 g/mol. The van der Waals surface area contributed by atoms with Crippen LogP contribution in [0.4, 0.5) is 0 Å². The van der Waals surface area contributed by atoms with Gasteiger partial charge in [0, 0.05) is 12.1 Å². The molecule has 2 saturated heterocycles. The summed E-state index contributed by atoms with van der Waals surface area (Å²) in [4.78, 5) is 26.3. The number of amides is 1. The number of fused-ring (bicyclic) bond motifs is 2. The topological polar surface area (TPSA) is 77.8 Å². The van der Waals surface area contributed by atoms with E-state index in [0.717, 1.165) is 19.3 Å². The van der Waals surface area contributed by atoms with E-state index < -0.39 is 11.9 Å². The summed E-state index contributed by atoms with van der Waals surface area (Å²) < 4.78 is 0. The Morgan fingerprint density at radius 3 is 2.14 bits per heavy atom. The Morgan fingerprint density at radius 1 is 1.05 bits per heavy atom. The van der Waals surface area contributed by atoms with Crippen molar-refractivity contribution >= 4 is 11.9 Å². The fraction of sp³-hybridized carbons (Fsp3) is 0.875. The van der Waals surface area contributed by atoms with Gasteiger partial charge in [-0.05, 0) is 44.4 Å². The molecule has 21 heavy (non-hydrogen) atoms. The molecule has 5 atom stereocenters. The van der Waals surface area contributed by atoms with E-state index in [1.165, 1.54) is 0 Å². The van der Waals surface area contributed by atoms with Crippen LogP contribution in [0.2, 0.25) is 0 Å². The molecule has 2 N–H and O–H groups in total. The number of hydrogen-bond donors (Lipinski definition) is 2. The number of carboxylic acid groups (broad SMARTS) is 1. The van der Waals surface area contributed by atoms with Crippen LogP contribution in [0.25, 0.3) is 0 Å². The van der Waals surface area contributed by atoms with Gasteiger partial charge in [0.1, 0.15) is 0 Å². The van der Waals surface area contributed by atoms with Gasteiger partial charge in [0.05, 0.1) is 17.9 Å². The summed E-state index contributed by atoms with van der Waals surface area (Å²) in [6.45, 7) is 2.07. The zero-order valence-corrected chi connectivity index (χ0v) is 12.6. The summed E-state index contributed by atoms with van der Waals surface area (Å²) in [5, 5.41) is 19.3. The highest BCUT2D eigenvalue weighted by Gasteiger charge is 2.49. The summed E-state index contributed by atoms with van der Waals surface area (Å²) in [5.41, 5.74) is 0. The number of nitrogens with zero attached hydrogens (tertiary/aromatic N) is 1. The van der Waals surface area contributed by atoms with Crippen molar-refractivity contribution in [3.8, 4) is 0 Å².